The van der Waals surface area contributed by atoms with Crippen LogP contribution < -0.4 is 10.1 Å². The van der Waals surface area contributed by atoms with Gasteiger partial charge in [0.2, 0.25) is 5.75 Å². The molecule has 4 rings (SSSR count). The molecule has 2 aromatic carbocycles. The van der Waals surface area contributed by atoms with Gasteiger partial charge < -0.3 is 20.1 Å². The Morgan fingerprint density at radius 1 is 1.31 bits per heavy atom. The molecular formula is C18H17N3O5. The molecule has 0 saturated heterocycles. The van der Waals surface area contributed by atoms with Gasteiger partial charge in [0.1, 0.15) is 6.17 Å². The number of carbonyl (C=O) groups is 1. The SMILES string of the molecule is COc1cc(C2Nc3ccccc3C(=O)N2C2CC2)cc([N+](=O)[O-])c1O. The van der Waals surface area contributed by atoms with Crippen LogP contribution in [-0.4, -0.2) is 34.0 Å². The van der Waals surface area contributed by atoms with Crippen molar-refractivity contribution in [3.05, 3.63) is 57.6 Å². The summed E-state index contributed by atoms with van der Waals surface area (Å²) < 4.78 is 5.09. The van der Waals surface area contributed by atoms with Gasteiger partial charge in [-0.15, -0.1) is 0 Å². The molecule has 2 aliphatic rings. The second kappa shape index (κ2) is 5.91. The van der Waals surface area contributed by atoms with Crippen LogP contribution in [0.2, 0.25) is 0 Å². The van der Waals surface area contributed by atoms with Gasteiger partial charge in [0.15, 0.2) is 5.75 Å². The maximum atomic E-state index is 13.0. The predicted octanol–water partition coefficient (Wildman–Crippen LogP) is 3.04. The number of ether oxygens (including phenoxy) is 1. The van der Waals surface area contributed by atoms with E-state index in [2.05, 4.69) is 5.32 Å². The summed E-state index contributed by atoms with van der Waals surface area (Å²) in [6.45, 7) is 0. The molecular weight excluding hydrogens is 338 g/mol. The number of hydrogen-bond acceptors (Lipinski definition) is 6. The molecule has 1 aliphatic carbocycles. The van der Waals surface area contributed by atoms with Crippen molar-refractivity contribution in [1.29, 1.82) is 0 Å². The number of nitrogens with one attached hydrogen (secondary N) is 1. The maximum absolute atomic E-state index is 13.0. The molecule has 8 nitrogen and oxygen atoms in total. The van der Waals surface area contributed by atoms with Crippen LogP contribution in [0.15, 0.2) is 36.4 Å². The van der Waals surface area contributed by atoms with Gasteiger partial charge in [0.05, 0.1) is 17.6 Å². The summed E-state index contributed by atoms with van der Waals surface area (Å²) >= 11 is 0. The average molecular weight is 355 g/mol. The van der Waals surface area contributed by atoms with Crippen molar-refractivity contribution in [2.75, 3.05) is 12.4 Å². The third kappa shape index (κ3) is 2.50. The molecule has 134 valence electrons. The summed E-state index contributed by atoms with van der Waals surface area (Å²) in [5, 5.41) is 24.6. The van der Waals surface area contributed by atoms with Crippen molar-refractivity contribution in [3.8, 4) is 11.5 Å². The van der Waals surface area contributed by atoms with Crippen molar-refractivity contribution in [1.82, 2.24) is 4.90 Å². The fourth-order valence-corrected chi connectivity index (χ4v) is 3.31. The molecule has 1 aliphatic heterocycles. The zero-order valence-corrected chi connectivity index (χ0v) is 14.0. The summed E-state index contributed by atoms with van der Waals surface area (Å²) in [6, 6.07) is 10.1. The number of fused-ring (bicyclic) bond motifs is 1. The number of phenols is 1. The van der Waals surface area contributed by atoms with Crippen LogP contribution in [0, 0.1) is 10.1 Å². The second-order valence-electron chi connectivity index (χ2n) is 6.38. The Morgan fingerprint density at radius 3 is 2.69 bits per heavy atom. The fraction of sp³-hybridized carbons (Fsp3) is 0.278. The lowest BCUT2D eigenvalue weighted by molar-refractivity contribution is -0.386. The molecule has 0 spiro atoms. The number of hydrogen-bond donors (Lipinski definition) is 2. The molecule has 1 atom stereocenters. The summed E-state index contributed by atoms with van der Waals surface area (Å²) in [7, 11) is 1.33. The second-order valence-corrected chi connectivity index (χ2v) is 6.38. The smallest absolute Gasteiger partial charge is 0.315 e. The topological polar surface area (TPSA) is 105 Å². The van der Waals surface area contributed by atoms with Gasteiger partial charge in [0, 0.05) is 23.4 Å². The number of nitro benzene ring substituents is 1. The first-order chi connectivity index (χ1) is 12.5. The molecule has 1 saturated carbocycles. The minimum absolute atomic E-state index is 0.00180. The van der Waals surface area contributed by atoms with Crippen molar-refractivity contribution in [2.45, 2.75) is 25.0 Å². The van der Waals surface area contributed by atoms with Crippen molar-refractivity contribution >= 4 is 17.3 Å². The van der Waals surface area contributed by atoms with Crippen molar-refractivity contribution in [3.63, 3.8) is 0 Å². The van der Waals surface area contributed by atoms with Gasteiger partial charge in [-0.1, -0.05) is 12.1 Å². The normalized spacial score (nSPS) is 18.9. The Balaban J connectivity index is 1.85. The van der Waals surface area contributed by atoms with E-state index in [1.165, 1.54) is 19.2 Å². The Bertz CT molecular complexity index is 910. The van der Waals surface area contributed by atoms with E-state index in [0.29, 0.717) is 16.8 Å². The fourth-order valence-electron chi connectivity index (χ4n) is 3.31. The number of anilines is 1. The van der Waals surface area contributed by atoms with E-state index in [9.17, 15) is 20.0 Å². The lowest BCUT2D eigenvalue weighted by Gasteiger charge is -2.38. The minimum atomic E-state index is -0.665. The zero-order valence-electron chi connectivity index (χ0n) is 14.0. The third-order valence-corrected chi connectivity index (χ3v) is 4.71. The van der Waals surface area contributed by atoms with E-state index in [4.69, 9.17) is 4.74 Å². The first-order valence-electron chi connectivity index (χ1n) is 8.24. The standard InChI is InChI=1S/C18H17N3O5/c1-26-15-9-10(8-14(16(15)22)21(24)25)17-19-13-5-3-2-4-12(13)18(23)20(17)11-6-7-11/h2-5,8-9,11,17,19,22H,6-7H2,1H3. The van der Waals surface area contributed by atoms with Crippen LogP contribution >= 0.6 is 0 Å². The molecule has 1 fully saturated rings. The molecule has 2 N–H and O–H groups in total. The zero-order chi connectivity index (χ0) is 18.4. The Kier molecular flexibility index (Phi) is 3.68. The predicted molar refractivity (Wildman–Crippen MR) is 93.3 cm³/mol. The number of rotatable bonds is 4. The monoisotopic (exact) mass is 355 g/mol. The van der Waals surface area contributed by atoms with Gasteiger partial charge in [-0.2, -0.15) is 0 Å². The summed E-state index contributed by atoms with van der Waals surface area (Å²) in [6.07, 6.45) is 1.21. The number of para-hydroxylation sites is 1. The quantitative estimate of drug-likeness (QED) is 0.645. The number of nitro groups is 1. The van der Waals surface area contributed by atoms with Crippen LogP contribution in [0.5, 0.6) is 11.5 Å². The van der Waals surface area contributed by atoms with Crippen molar-refractivity contribution < 1.29 is 19.6 Å². The highest BCUT2D eigenvalue weighted by Gasteiger charge is 2.42. The highest BCUT2D eigenvalue weighted by Crippen LogP contribution is 2.44. The molecule has 26 heavy (non-hydrogen) atoms. The first kappa shape index (κ1) is 16.2. The largest absolute Gasteiger partial charge is 0.500 e. The maximum Gasteiger partial charge on any atom is 0.315 e. The number of carbonyl (C=O) groups excluding carboxylic acids is 1. The van der Waals surface area contributed by atoms with E-state index >= 15 is 0 Å². The summed E-state index contributed by atoms with van der Waals surface area (Å²) in [5.74, 6) is -0.638. The molecule has 1 unspecified atom stereocenters. The average Bonchev–Trinajstić information content (AvgIpc) is 3.46. The van der Waals surface area contributed by atoms with Crippen molar-refractivity contribution in [2.24, 2.45) is 0 Å². The highest BCUT2D eigenvalue weighted by atomic mass is 16.6. The van der Waals surface area contributed by atoms with Crippen LogP contribution in [0.1, 0.15) is 34.9 Å². The number of amides is 1. The number of phenolic OH excluding ortho intramolecular Hbond substituents is 1. The molecule has 0 aromatic heterocycles. The van der Waals surface area contributed by atoms with E-state index in [0.717, 1.165) is 12.8 Å². The van der Waals surface area contributed by atoms with Crippen LogP contribution in [-0.2, 0) is 0 Å². The Labute approximate surface area is 149 Å². The van der Waals surface area contributed by atoms with Gasteiger partial charge in [-0.3, -0.25) is 14.9 Å². The molecule has 1 amide bonds. The van der Waals surface area contributed by atoms with E-state index in [1.807, 2.05) is 6.07 Å². The van der Waals surface area contributed by atoms with E-state index in [-0.39, 0.29) is 17.7 Å². The van der Waals surface area contributed by atoms with E-state index < -0.39 is 22.5 Å². The van der Waals surface area contributed by atoms with Crippen LogP contribution in [0.4, 0.5) is 11.4 Å². The Morgan fingerprint density at radius 2 is 2.04 bits per heavy atom. The minimum Gasteiger partial charge on any atom is -0.500 e. The van der Waals surface area contributed by atoms with Crippen LogP contribution in [0.25, 0.3) is 0 Å². The highest BCUT2D eigenvalue weighted by molar-refractivity contribution is 6.02. The first-order valence-corrected chi connectivity index (χ1v) is 8.24. The number of nitrogens with zero attached hydrogens (tertiary/aromatic N) is 2. The Hall–Kier alpha value is -3.29. The number of aromatic hydroxyl groups is 1. The van der Waals surface area contributed by atoms with Gasteiger partial charge >= 0.3 is 5.69 Å². The van der Waals surface area contributed by atoms with E-state index in [1.54, 1.807) is 23.1 Å². The lowest BCUT2D eigenvalue weighted by Crippen LogP contribution is -2.44. The molecule has 2 aromatic rings. The third-order valence-electron chi connectivity index (χ3n) is 4.71. The molecule has 1 heterocycles. The number of methoxy groups -OCH3 is 1. The summed E-state index contributed by atoms with van der Waals surface area (Å²) in [5.41, 5.74) is 1.29. The molecule has 0 radical (unpaired) electrons. The van der Waals surface area contributed by atoms with Crippen LogP contribution in [0.3, 0.4) is 0 Å². The van der Waals surface area contributed by atoms with Gasteiger partial charge in [0.25, 0.3) is 5.91 Å². The van der Waals surface area contributed by atoms with Gasteiger partial charge in [-0.25, -0.2) is 0 Å². The van der Waals surface area contributed by atoms with Gasteiger partial charge in [-0.05, 0) is 31.0 Å². The molecule has 0 bridgehead atoms. The lowest BCUT2D eigenvalue weighted by atomic mass is 10.0. The number of benzene rings is 2. The summed E-state index contributed by atoms with van der Waals surface area (Å²) in [4.78, 5) is 25.4. The molecule has 8 heteroatoms.